The predicted molar refractivity (Wildman–Crippen MR) is 80.5 cm³/mol. The lowest BCUT2D eigenvalue weighted by Gasteiger charge is -2.21. The van der Waals surface area contributed by atoms with Gasteiger partial charge < -0.3 is 14.4 Å². The van der Waals surface area contributed by atoms with Crippen LogP contribution in [-0.4, -0.2) is 46.1 Å². The van der Waals surface area contributed by atoms with E-state index in [0.29, 0.717) is 13.2 Å². The Labute approximate surface area is 121 Å². The molecule has 1 aromatic carbocycles. The number of ether oxygens (including phenoxy) is 2. The summed E-state index contributed by atoms with van der Waals surface area (Å²) in [5, 5.41) is 0. The van der Waals surface area contributed by atoms with E-state index in [1.165, 1.54) is 10.5 Å². The van der Waals surface area contributed by atoms with Gasteiger partial charge in [-0.2, -0.15) is 0 Å². The lowest BCUT2D eigenvalue weighted by molar-refractivity contribution is -0.900. The number of quaternary nitrogens is 1. The fourth-order valence-electron chi connectivity index (χ4n) is 2.00. The van der Waals surface area contributed by atoms with Crippen LogP contribution in [0.5, 0.6) is 0 Å². The zero-order valence-corrected chi connectivity index (χ0v) is 11.8. The maximum atomic E-state index is 5.45. The number of rotatable bonds is 5. The first-order valence-electron chi connectivity index (χ1n) is 7.11. The van der Waals surface area contributed by atoms with E-state index in [2.05, 4.69) is 30.0 Å². The van der Waals surface area contributed by atoms with Crippen LogP contribution in [0.25, 0.3) is 6.08 Å². The number of nitrogens with one attached hydrogen (secondary N) is 1. The van der Waals surface area contributed by atoms with Crippen molar-refractivity contribution in [3.63, 3.8) is 0 Å². The number of morpholine rings is 1. The van der Waals surface area contributed by atoms with E-state index in [-0.39, 0.29) is 0 Å². The third kappa shape index (κ3) is 6.03. The highest BCUT2D eigenvalue weighted by Gasteiger charge is 2.10. The van der Waals surface area contributed by atoms with Crippen LogP contribution in [0, 0.1) is 11.8 Å². The molecule has 1 N–H and O–H groups in total. The summed E-state index contributed by atoms with van der Waals surface area (Å²) < 4.78 is 10.8. The van der Waals surface area contributed by atoms with Crippen molar-refractivity contribution in [2.24, 2.45) is 0 Å². The Morgan fingerprint density at radius 3 is 2.75 bits per heavy atom. The van der Waals surface area contributed by atoms with Gasteiger partial charge in [0.15, 0.2) is 0 Å². The summed E-state index contributed by atoms with van der Waals surface area (Å²) in [4.78, 5) is 1.51. The minimum Gasteiger partial charge on any atom is -0.370 e. The third-order valence-corrected chi connectivity index (χ3v) is 3.16. The maximum Gasteiger partial charge on any atom is 0.139 e. The minimum absolute atomic E-state index is 0.503. The van der Waals surface area contributed by atoms with Crippen molar-refractivity contribution in [3.8, 4) is 11.8 Å². The molecule has 2 rings (SSSR count). The van der Waals surface area contributed by atoms with E-state index >= 15 is 0 Å². The zero-order valence-electron chi connectivity index (χ0n) is 11.8. The predicted octanol–water partition coefficient (Wildman–Crippen LogP) is 0.635. The SMILES string of the molecule is C(#CC[NH+]1CCOCC1)COCC=Cc1ccccc1. The van der Waals surface area contributed by atoms with Crippen molar-refractivity contribution in [2.45, 2.75) is 0 Å². The van der Waals surface area contributed by atoms with E-state index in [1.54, 1.807) is 0 Å². The van der Waals surface area contributed by atoms with Crippen LogP contribution in [0.4, 0.5) is 0 Å². The molecular weight excluding hydrogens is 250 g/mol. The van der Waals surface area contributed by atoms with Crippen molar-refractivity contribution < 1.29 is 14.4 Å². The molecule has 106 valence electrons. The monoisotopic (exact) mass is 272 g/mol. The average molecular weight is 272 g/mol. The van der Waals surface area contributed by atoms with E-state index < -0.39 is 0 Å². The molecule has 1 aliphatic rings. The molecule has 0 radical (unpaired) electrons. The largest absolute Gasteiger partial charge is 0.370 e. The summed E-state index contributed by atoms with van der Waals surface area (Å²) in [6.45, 7) is 5.85. The van der Waals surface area contributed by atoms with Crippen LogP contribution in [0.15, 0.2) is 36.4 Å². The highest BCUT2D eigenvalue weighted by atomic mass is 16.5. The second-order valence-electron chi connectivity index (χ2n) is 4.72. The van der Waals surface area contributed by atoms with E-state index in [9.17, 15) is 0 Å². The Hall–Kier alpha value is -1.60. The molecule has 0 atom stereocenters. The van der Waals surface area contributed by atoms with Gasteiger partial charge in [0.1, 0.15) is 26.2 Å². The fourth-order valence-corrected chi connectivity index (χ4v) is 2.00. The van der Waals surface area contributed by atoms with Crippen LogP contribution in [0.1, 0.15) is 5.56 Å². The number of benzene rings is 1. The lowest BCUT2D eigenvalue weighted by atomic mass is 10.2. The van der Waals surface area contributed by atoms with E-state index in [4.69, 9.17) is 9.47 Å². The molecule has 0 amide bonds. The van der Waals surface area contributed by atoms with Gasteiger partial charge in [0.25, 0.3) is 0 Å². The topological polar surface area (TPSA) is 22.9 Å². The molecule has 1 fully saturated rings. The summed E-state index contributed by atoms with van der Waals surface area (Å²) in [7, 11) is 0. The Bertz CT molecular complexity index is 453. The quantitative estimate of drug-likeness (QED) is 0.628. The first kappa shape index (κ1) is 14.8. The molecule has 1 saturated heterocycles. The van der Waals surface area contributed by atoms with Crippen molar-refractivity contribution in [1.82, 2.24) is 0 Å². The van der Waals surface area contributed by atoms with Crippen LogP contribution in [0.3, 0.4) is 0 Å². The van der Waals surface area contributed by atoms with Crippen molar-refractivity contribution in [2.75, 3.05) is 46.1 Å². The fraction of sp³-hybridized carbons (Fsp3) is 0.412. The van der Waals surface area contributed by atoms with Crippen LogP contribution >= 0.6 is 0 Å². The smallest absolute Gasteiger partial charge is 0.139 e. The molecule has 20 heavy (non-hydrogen) atoms. The molecule has 1 aliphatic heterocycles. The van der Waals surface area contributed by atoms with Gasteiger partial charge in [-0.1, -0.05) is 48.4 Å². The molecule has 0 aliphatic carbocycles. The molecule has 0 bridgehead atoms. The van der Waals surface area contributed by atoms with Gasteiger partial charge in [0.2, 0.25) is 0 Å². The Balaban J connectivity index is 1.54. The van der Waals surface area contributed by atoms with E-state index in [1.807, 2.05) is 24.3 Å². The molecule has 3 heteroatoms. The molecule has 1 aromatic rings. The lowest BCUT2D eigenvalue weighted by Crippen LogP contribution is -3.14. The van der Waals surface area contributed by atoms with Gasteiger partial charge in [0.05, 0.1) is 19.8 Å². The molecule has 0 saturated carbocycles. The van der Waals surface area contributed by atoms with Crippen molar-refractivity contribution in [1.29, 1.82) is 0 Å². The summed E-state index contributed by atoms with van der Waals surface area (Å²) >= 11 is 0. The highest BCUT2D eigenvalue weighted by Crippen LogP contribution is 2.00. The summed E-state index contributed by atoms with van der Waals surface area (Å²) in [5.41, 5.74) is 1.19. The maximum absolute atomic E-state index is 5.45. The molecular formula is C17H22NO2+. The average Bonchev–Trinajstić information content (AvgIpc) is 2.52. The standard InChI is InChI=1S/C17H21NO2/c1-2-7-17(8-3-1)9-6-14-19-13-5-4-10-18-11-15-20-16-12-18/h1-3,6-9H,10-16H2/p+1. The van der Waals surface area contributed by atoms with Crippen molar-refractivity contribution in [3.05, 3.63) is 42.0 Å². The first-order valence-corrected chi connectivity index (χ1v) is 7.11. The van der Waals surface area contributed by atoms with Gasteiger partial charge in [-0.15, -0.1) is 0 Å². The number of hydrogen-bond acceptors (Lipinski definition) is 2. The molecule has 3 nitrogen and oxygen atoms in total. The van der Waals surface area contributed by atoms with Crippen LogP contribution < -0.4 is 4.90 Å². The first-order chi connectivity index (χ1) is 9.95. The van der Waals surface area contributed by atoms with Crippen LogP contribution in [0.2, 0.25) is 0 Å². The normalized spacial score (nSPS) is 16.0. The Morgan fingerprint density at radius 1 is 1.15 bits per heavy atom. The van der Waals surface area contributed by atoms with Crippen LogP contribution in [-0.2, 0) is 9.47 Å². The van der Waals surface area contributed by atoms with Crippen molar-refractivity contribution >= 4 is 6.08 Å². The molecule has 0 unspecified atom stereocenters. The Kier molecular flexibility index (Phi) is 6.90. The summed E-state index contributed by atoms with van der Waals surface area (Å²) in [6, 6.07) is 10.2. The molecule has 0 aromatic heterocycles. The zero-order chi connectivity index (χ0) is 13.9. The Morgan fingerprint density at radius 2 is 1.95 bits per heavy atom. The van der Waals surface area contributed by atoms with Gasteiger partial charge in [0, 0.05) is 0 Å². The van der Waals surface area contributed by atoms with Gasteiger partial charge in [-0.25, -0.2) is 0 Å². The van der Waals surface area contributed by atoms with Gasteiger partial charge in [-0.05, 0) is 11.5 Å². The highest BCUT2D eigenvalue weighted by molar-refractivity contribution is 5.48. The minimum atomic E-state index is 0.503. The second-order valence-corrected chi connectivity index (χ2v) is 4.72. The van der Waals surface area contributed by atoms with Gasteiger partial charge in [-0.3, -0.25) is 0 Å². The number of hydrogen-bond donors (Lipinski definition) is 1. The molecule has 1 heterocycles. The van der Waals surface area contributed by atoms with Gasteiger partial charge >= 0.3 is 0 Å². The summed E-state index contributed by atoms with van der Waals surface area (Å²) in [6.07, 6.45) is 4.08. The molecule has 0 spiro atoms. The third-order valence-electron chi connectivity index (χ3n) is 3.16. The summed E-state index contributed by atoms with van der Waals surface area (Å²) in [5.74, 6) is 6.24. The second kappa shape index (κ2) is 9.33. The van der Waals surface area contributed by atoms with E-state index in [0.717, 1.165) is 32.8 Å².